The number of carbonyl (C=O) groups excluding carboxylic acids is 2. The third-order valence-electron chi connectivity index (χ3n) is 10.6. The van der Waals surface area contributed by atoms with E-state index in [0.717, 1.165) is 5.56 Å². The van der Waals surface area contributed by atoms with Gasteiger partial charge in [-0.2, -0.15) is 0 Å². The molecule has 2 aliphatic heterocycles. The summed E-state index contributed by atoms with van der Waals surface area (Å²) in [5.41, 5.74) is 9.13. The van der Waals surface area contributed by atoms with E-state index in [4.69, 9.17) is 4.98 Å². The first-order valence-electron chi connectivity index (χ1n) is 16.7. The number of rotatable bonds is 10. The highest BCUT2D eigenvalue weighted by atomic mass is 32.2. The van der Waals surface area contributed by atoms with Crippen LogP contribution in [-0.4, -0.2) is 100 Å². The SMILES string of the molecule is Cc1c(C)c(C)c(C[C@H](CO)Nc2cc[nH]c(=O)c2-c2nc3cc4c(cc3[nH]2)C(=O)N(C2CCN(CCS(C)(=O)=O)CC2)C4=O)c(C)c1C. The second-order valence-corrected chi connectivity index (χ2v) is 15.9. The number of fused-ring (bicyclic) bond motifs is 2. The summed E-state index contributed by atoms with van der Waals surface area (Å²) >= 11 is 0. The highest BCUT2D eigenvalue weighted by Gasteiger charge is 2.41. The number of amides is 2. The number of hydrogen-bond donors (Lipinski definition) is 4. The lowest BCUT2D eigenvalue weighted by Gasteiger charge is -2.35. The molecule has 49 heavy (non-hydrogen) atoms. The Kier molecular flexibility index (Phi) is 9.29. The van der Waals surface area contributed by atoms with Crippen LogP contribution in [0.5, 0.6) is 0 Å². The van der Waals surface area contributed by atoms with Gasteiger partial charge in [0.2, 0.25) is 0 Å². The van der Waals surface area contributed by atoms with E-state index in [0.29, 0.717) is 55.6 Å². The first-order chi connectivity index (χ1) is 23.2. The van der Waals surface area contributed by atoms with Gasteiger partial charge in [0.05, 0.1) is 46.2 Å². The molecule has 0 aliphatic carbocycles. The van der Waals surface area contributed by atoms with Gasteiger partial charge in [-0.05, 0) is 105 Å². The minimum Gasteiger partial charge on any atom is -0.394 e. The van der Waals surface area contributed by atoms with Crippen molar-refractivity contribution in [2.24, 2.45) is 0 Å². The van der Waals surface area contributed by atoms with Gasteiger partial charge in [-0.25, -0.2) is 13.4 Å². The van der Waals surface area contributed by atoms with Crippen molar-refractivity contribution in [2.45, 2.75) is 66.0 Å². The highest BCUT2D eigenvalue weighted by molar-refractivity contribution is 7.90. The van der Waals surface area contributed by atoms with E-state index in [1.807, 2.05) is 4.90 Å². The van der Waals surface area contributed by atoms with Gasteiger partial charge < -0.3 is 25.3 Å². The van der Waals surface area contributed by atoms with Crippen molar-refractivity contribution in [1.29, 1.82) is 0 Å². The molecule has 0 bridgehead atoms. The zero-order valence-electron chi connectivity index (χ0n) is 28.9. The van der Waals surface area contributed by atoms with Crippen LogP contribution >= 0.6 is 0 Å². The molecule has 0 radical (unpaired) electrons. The number of hydrogen-bond acceptors (Lipinski definition) is 9. The van der Waals surface area contributed by atoms with Crippen LogP contribution in [0.1, 0.15) is 66.9 Å². The molecule has 13 heteroatoms. The number of pyridine rings is 1. The molecule has 2 aliphatic rings. The monoisotopic (exact) mass is 688 g/mol. The third kappa shape index (κ3) is 6.54. The molecule has 4 heterocycles. The summed E-state index contributed by atoms with van der Waals surface area (Å²) in [5.74, 6) is -0.399. The number of nitrogens with zero attached hydrogens (tertiary/aromatic N) is 3. The van der Waals surface area contributed by atoms with Crippen LogP contribution in [0.4, 0.5) is 5.69 Å². The minimum absolute atomic E-state index is 0.0758. The fourth-order valence-corrected chi connectivity index (χ4v) is 7.84. The lowest BCUT2D eigenvalue weighted by Crippen LogP contribution is -2.48. The number of carbonyl (C=O) groups is 2. The number of aliphatic hydroxyl groups excluding tert-OH is 1. The molecule has 12 nitrogen and oxygen atoms in total. The first-order valence-corrected chi connectivity index (χ1v) is 18.7. The van der Waals surface area contributed by atoms with E-state index in [9.17, 15) is 27.9 Å². The molecule has 1 saturated heterocycles. The molecule has 0 saturated carbocycles. The van der Waals surface area contributed by atoms with E-state index >= 15 is 0 Å². The highest BCUT2D eigenvalue weighted by Crippen LogP contribution is 2.33. The summed E-state index contributed by atoms with van der Waals surface area (Å²) in [6, 6.07) is 4.28. The van der Waals surface area contributed by atoms with Gasteiger partial charge in [0, 0.05) is 38.1 Å². The maximum absolute atomic E-state index is 13.6. The van der Waals surface area contributed by atoms with E-state index in [1.54, 1.807) is 24.4 Å². The molecule has 2 aromatic heterocycles. The number of benzene rings is 2. The summed E-state index contributed by atoms with van der Waals surface area (Å²) in [7, 11) is -3.07. The molecule has 6 rings (SSSR count). The van der Waals surface area contributed by atoms with Gasteiger partial charge in [0.25, 0.3) is 17.4 Å². The second kappa shape index (κ2) is 13.2. The zero-order chi connectivity index (χ0) is 35.4. The van der Waals surface area contributed by atoms with Crippen molar-refractivity contribution in [2.75, 3.05) is 43.6 Å². The fraction of sp³-hybridized carbons (Fsp3) is 0.444. The van der Waals surface area contributed by atoms with E-state index in [2.05, 4.69) is 49.9 Å². The largest absolute Gasteiger partial charge is 0.394 e. The van der Waals surface area contributed by atoms with E-state index in [-0.39, 0.29) is 64.3 Å². The average Bonchev–Trinajstić information content (AvgIpc) is 3.59. The van der Waals surface area contributed by atoms with Gasteiger partial charge in [0.1, 0.15) is 21.2 Å². The number of imidazole rings is 1. The number of H-pyrrole nitrogens is 2. The molecular formula is C36H44N6O6S. The van der Waals surface area contributed by atoms with Crippen molar-refractivity contribution < 1.29 is 23.1 Å². The number of sulfone groups is 1. The number of likely N-dealkylation sites (tertiary alicyclic amines) is 1. The number of imide groups is 1. The van der Waals surface area contributed by atoms with Gasteiger partial charge in [-0.1, -0.05) is 0 Å². The zero-order valence-corrected chi connectivity index (χ0v) is 29.7. The predicted octanol–water partition coefficient (Wildman–Crippen LogP) is 3.58. The Morgan fingerprint density at radius 2 is 1.57 bits per heavy atom. The van der Waals surface area contributed by atoms with Crippen molar-refractivity contribution in [1.82, 2.24) is 24.8 Å². The topological polar surface area (TPSA) is 169 Å². The molecule has 1 fully saturated rings. The Labute approximate surface area is 285 Å². The van der Waals surface area contributed by atoms with E-state index < -0.39 is 9.84 Å². The van der Waals surface area contributed by atoms with Gasteiger partial charge in [-0.15, -0.1) is 0 Å². The number of aromatic nitrogens is 3. The molecule has 2 amide bonds. The van der Waals surface area contributed by atoms with Gasteiger partial charge in [-0.3, -0.25) is 19.3 Å². The van der Waals surface area contributed by atoms with Crippen molar-refractivity contribution in [3.05, 3.63) is 79.3 Å². The molecule has 2 aromatic carbocycles. The normalized spacial score (nSPS) is 16.5. The fourth-order valence-electron chi connectivity index (χ4n) is 7.25. The van der Waals surface area contributed by atoms with Gasteiger partial charge >= 0.3 is 0 Å². The van der Waals surface area contributed by atoms with Gasteiger partial charge in [0.15, 0.2) is 0 Å². The van der Waals surface area contributed by atoms with Crippen LogP contribution in [0.25, 0.3) is 22.4 Å². The standard InChI is InChI=1S/C36H44N6O6S/c1-19-20(2)22(4)26(23(5)21(19)3)15-24(18-43)38-29-7-10-37-34(44)32(29)33-39-30-16-27-28(17-31(30)40-33)36(46)42(35(27)45)25-8-11-41(12-9-25)13-14-49(6,47)48/h7,10,16-17,24-25,43H,8-9,11-15,18H2,1-6H3,(H,39,40)(H2,37,38,44)/t24-/m1/s1. The van der Waals surface area contributed by atoms with Crippen molar-refractivity contribution >= 4 is 38.4 Å². The summed E-state index contributed by atoms with van der Waals surface area (Å²) in [6.45, 7) is 12.0. The number of aromatic amines is 2. The lowest BCUT2D eigenvalue weighted by molar-refractivity contribution is 0.0506. The number of nitrogens with one attached hydrogen (secondary N) is 3. The third-order valence-corrected chi connectivity index (χ3v) is 11.5. The quantitative estimate of drug-likeness (QED) is 0.182. The molecule has 4 aromatic rings. The second-order valence-electron chi connectivity index (χ2n) is 13.6. The minimum atomic E-state index is -3.07. The molecule has 260 valence electrons. The summed E-state index contributed by atoms with van der Waals surface area (Å²) in [4.78, 5) is 54.4. The first kappa shape index (κ1) is 34.5. The average molecular weight is 689 g/mol. The van der Waals surface area contributed by atoms with Crippen LogP contribution in [0.3, 0.4) is 0 Å². The van der Waals surface area contributed by atoms with Crippen LogP contribution < -0.4 is 10.9 Å². The van der Waals surface area contributed by atoms with Crippen LogP contribution in [-0.2, 0) is 16.3 Å². The summed E-state index contributed by atoms with van der Waals surface area (Å²) in [5, 5.41) is 13.8. The number of anilines is 1. The Morgan fingerprint density at radius 1 is 0.959 bits per heavy atom. The maximum Gasteiger partial charge on any atom is 0.261 e. The molecule has 4 N–H and O–H groups in total. The predicted molar refractivity (Wildman–Crippen MR) is 190 cm³/mol. The smallest absolute Gasteiger partial charge is 0.261 e. The van der Waals surface area contributed by atoms with Crippen LogP contribution in [0.2, 0.25) is 0 Å². The Bertz CT molecular complexity index is 2060. The van der Waals surface area contributed by atoms with Crippen LogP contribution in [0.15, 0.2) is 29.2 Å². The molecular weight excluding hydrogens is 644 g/mol. The van der Waals surface area contributed by atoms with E-state index in [1.165, 1.54) is 39.0 Å². The molecule has 0 spiro atoms. The molecule has 0 unspecified atom stereocenters. The Balaban J connectivity index is 1.24. The van der Waals surface area contributed by atoms with Crippen molar-refractivity contribution in [3.8, 4) is 11.4 Å². The number of piperidine rings is 1. The Morgan fingerprint density at radius 3 is 2.18 bits per heavy atom. The Hall–Kier alpha value is -4.33. The summed E-state index contributed by atoms with van der Waals surface area (Å²) < 4.78 is 23.1. The maximum atomic E-state index is 13.6. The van der Waals surface area contributed by atoms with Crippen molar-refractivity contribution in [3.63, 3.8) is 0 Å². The summed E-state index contributed by atoms with van der Waals surface area (Å²) in [6.07, 6.45) is 4.45. The lowest BCUT2D eigenvalue weighted by atomic mass is 9.87. The van der Waals surface area contributed by atoms with Crippen LogP contribution in [0, 0.1) is 34.6 Å². The molecule has 1 atom stereocenters. The number of aliphatic hydroxyl groups is 1.